The first-order valence-corrected chi connectivity index (χ1v) is 9.69. The van der Waals surface area contributed by atoms with Crippen molar-refractivity contribution < 1.29 is 9.59 Å². The zero-order valence-electron chi connectivity index (χ0n) is 16.2. The van der Waals surface area contributed by atoms with Crippen LogP contribution in [0.4, 0.5) is 0 Å². The molecule has 0 fully saturated rings. The molecule has 0 radical (unpaired) electrons. The van der Waals surface area contributed by atoms with Gasteiger partial charge < -0.3 is 11.1 Å². The molecule has 148 valence electrons. The zero-order chi connectivity index (χ0) is 20.9. The van der Waals surface area contributed by atoms with E-state index in [0.717, 1.165) is 16.5 Å². The molecule has 1 aromatic heterocycles. The zero-order valence-corrected chi connectivity index (χ0v) is 16.2. The molecule has 1 heterocycles. The average Bonchev–Trinajstić information content (AvgIpc) is 2.79. The van der Waals surface area contributed by atoms with Gasteiger partial charge in [0.15, 0.2) is 0 Å². The van der Waals surface area contributed by atoms with Gasteiger partial charge in [0.25, 0.3) is 5.91 Å². The van der Waals surface area contributed by atoms with Crippen molar-refractivity contribution in [2.45, 2.75) is 12.0 Å². The van der Waals surface area contributed by atoms with Crippen LogP contribution in [-0.4, -0.2) is 22.8 Å². The van der Waals surface area contributed by atoms with E-state index in [2.05, 4.69) is 10.3 Å². The number of nitrogens with zero attached hydrogens (tertiary/aromatic N) is 1. The molecule has 5 nitrogen and oxygen atoms in total. The highest BCUT2D eigenvalue weighted by Crippen LogP contribution is 2.28. The maximum Gasteiger partial charge on any atom is 0.270 e. The van der Waals surface area contributed by atoms with Gasteiger partial charge in [-0.3, -0.25) is 9.59 Å². The van der Waals surface area contributed by atoms with Crippen LogP contribution < -0.4 is 11.1 Å². The van der Waals surface area contributed by atoms with Gasteiger partial charge >= 0.3 is 0 Å². The van der Waals surface area contributed by atoms with Crippen LogP contribution in [0, 0.1) is 0 Å². The van der Waals surface area contributed by atoms with Gasteiger partial charge in [-0.2, -0.15) is 0 Å². The smallest absolute Gasteiger partial charge is 0.270 e. The Kier molecular flexibility index (Phi) is 5.52. The summed E-state index contributed by atoms with van der Waals surface area (Å²) in [6.45, 7) is 0. The number of benzene rings is 3. The predicted octanol–water partition coefficient (Wildman–Crippen LogP) is 3.65. The van der Waals surface area contributed by atoms with Crippen LogP contribution in [-0.2, 0) is 4.79 Å². The van der Waals surface area contributed by atoms with Crippen molar-refractivity contribution in [3.05, 3.63) is 114 Å². The molecule has 5 heteroatoms. The summed E-state index contributed by atoms with van der Waals surface area (Å²) in [6, 6.07) is 29.2. The maximum atomic E-state index is 13.0. The van der Waals surface area contributed by atoms with Gasteiger partial charge in [0.05, 0.1) is 5.52 Å². The van der Waals surface area contributed by atoms with Gasteiger partial charge in [-0.15, -0.1) is 0 Å². The molecule has 0 spiro atoms. The number of aromatic nitrogens is 1. The first-order valence-electron chi connectivity index (χ1n) is 9.69. The van der Waals surface area contributed by atoms with Gasteiger partial charge in [0.1, 0.15) is 11.7 Å². The van der Waals surface area contributed by atoms with Gasteiger partial charge in [-0.25, -0.2) is 4.98 Å². The molecular weight excluding hydrogens is 374 g/mol. The van der Waals surface area contributed by atoms with Crippen LogP contribution in [0.5, 0.6) is 0 Å². The summed E-state index contributed by atoms with van der Waals surface area (Å²) in [5.41, 5.74) is 8.48. The second-order valence-corrected chi connectivity index (χ2v) is 7.04. The van der Waals surface area contributed by atoms with E-state index in [1.165, 1.54) is 0 Å². The number of nitrogens with two attached hydrogens (primary N) is 1. The van der Waals surface area contributed by atoms with E-state index in [1.54, 1.807) is 6.07 Å². The van der Waals surface area contributed by atoms with Crippen LogP contribution >= 0.6 is 0 Å². The molecule has 0 saturated heterocycles. The Hall–Kier alpha value is -3.99. The normalized spacial score (nSPS) is 11.9. The molecule has 0 aliphatic rings. The fraction of sp³-hybridized carbons (Fsp3) is 0.0800. The van der Waals surface area contributed by atoms with E-state index in [0.29, 0.717) is 5.52 Å². The summed E-state index contributed by atoms with van der Waals surface area (Å²) in [7, 11) is 0. The van der Waals surface area contributed by atoms with E-state index >= 15 is 0 Å². The van der Waals surface area contributed by atoms with Gasteiger partial charge in [-0.05, 0) is 23.3 Å². The number of primary amides is 1. The van der Waals surface area contributed by atoms with E-state index in [1.807, 2.05) is 91.0 Å². The lowest BCUT2D eigenvalue weighted by atomic mass is 9.84. The predicted molar refractivity (Wildman–Crippen MR) is 117 cm³/mol. The number of pyridine rings is 1. The molecule has 0 bridgehead atoms. The first kappa shape index (κ1) is 19.3. The van der Waals surface area contributed by atoms with Crippen LogP contribution in [0.25, 0.3) is 10.9 Å². The molecule has 1 atom stereocenters. The molecule has 3 aromatic carbocycles. The molecule has 4 rings (SSSR count). The molecule has 3 N–H and O–H groups in total. The lowest BCUT2D eigenvalue weighted by molar-refractivity contribution is -0.120. The van der Waals surface area contributed by atoms with E-state index in [9.17, 15) is 9.59 Å². The second kappa shape index (κ2) is 8.57. The minimum atomic E-state index is -0.935. The van der Waals surface area contributed by atoms with E-state index in [4.69, 9.17) is 5.73 Å². The molecule has 0 unspecified atom stereocenters. The summed E-state index contributed by atoms with van der Waals surface area (Å²) in [6.07, 6.45) is 0. The number of hydrogen-bond donors (Lipinski definition) is 2. The van der Waals surface area contributed by atoms with Crippen LogP contribution in [0.1, 0.15) is 27.5 Å². The van der Waals surface area contributed by atoms with Gasteiger partial charge in [-0.1, -0.05) is 84.9 Å². The molecule has 4 aromatic rings. The van der Waals surface area contributed by atoms with Crippen LogP contribution in [0.15, 0.2) is 97.1 Å². The molecule has 2 amide bonds. The Labute approximate surface area is 174 Å². The number of amides is 2. The molecule has 0 aliphatic heterocycles. The largest absolute Gasteiger partial charge is 0.368 e. The topological polar surface area (TPSA) is 85.1 Å². The monoisotopic (exact) mass is 395 g/mol. The third-order valence-corrected chi connectivity index (χ3v) is 5.07. The summed E-state index contributed by atoms with van der Waals surface area (Å²) in [5, 5.41) is 3.76. The summed E-state index contributed by atoms with van der Waals surface area (Å²) < 4.78 is 0. The fourth-order valence-corrected chi connectivity index (χ4v) is 3.62. The number of para-hydroxylation sites is 1. The highest BCUT2D eigenvalue weighted by atomic mass is 16.2. The van der Waals surface area contributed by atoms with Crippen LogP contribution in [0.3, 0.4) is 0 Å². The number of nitrogens with one attached hydrogen (secondary N) is 1. The van der Waals surface area contributed by atoms with Crippen LogP contribution in [0.2, 0.25) is 0 Å². The summed E-state index contributed by atoms with van der Waals surface area (Å²) in [4.78, 5) is 29.9. The number of hydrogen-bond acceptors (Lipinski definition) is 3. The third kappa shape index (κ3) is 4.05. The number of fused-ring (bicyclic) bond motifs is 1. The summed E-state index contributed by atoms with van der Waals surface area (Å²) >= 11 is 0. The highest BCUT2D eigenvalue weighted by molar-refractivity contribution is 5.98. The van der Waals surface area contributed by atoms with E-state index in [-0.39, 0.29) is 5.69 Å². The quantitative estimate of drug-likeness (QED) is 0.523. The minimum absolute atomic E-state index is 0.236. The first-order chi connectivity index (χ1) is 14.6. The van der Waals surface area contributed by atoms with Crippen molar-refractivity contribution in [1.82, 2.24) is 10.3 Å². The lowest BCUT2D eigenvalue weighted by Crippen LogP contribution is -2.48. The van der Waals surface area contributed by atoms with Crippen molar-refractivity contribution in [2.75, 3.05) is 0 Å². The number of carbonyl (C=O) groups is 2. The Bertz CT molecular complexity index is 1140. The lowest BCUT2D eigenvalue weighted by Gasteiger charge is -2.26. The van der Waals surface area contributed by atoms with E-state index < -0.39 is 23.8 Å². The standard InChI is InChI=1S/C25H21N3O2/c26-24(29)23(22(18-10-3-1-4-11-18)19-12-5-2-6-13-19)28-25(30)21-16-15-17-9-7-8-14-20(17)27-21/h1-16,22-23H,(H2,26,29)(H,28,30)/t23-/m1/s1. The van der Waals surface area contributed by atoms with Crippen molar-refractivity contribution in [2.24, 2.45) is 5.73 Å². The molecule has 0 saturated carbocycles. The van der Waals surface area contributed by atoms with Gasteiger partial charge in [0.2, 0.25) is 5.91 Å². The Balaban J connectivity index is 1.70. The molecular formula is C25H21N3O2. The summed E-state index contributed by atoms with van der Waals surface area (Å²) in [5.74, 6) is -1.47. The number of rotatable bonds is 6. The van der Waals surface area contributed by atoms with Crippen molar-refractivity contribution in [3.63, 3.8) is 0 Å². The average molecular weight is 395 g/mol. The van der Waals surface area contributed by atoms with Crippen molar-refractivity contribution >= 4 is 22.7 Å². The Morgan fingerprint density at radius 1 is 0.733 bits per heavy atom. The maximum absolute atomic E-state index is 13.0. The van der Waals surface area contributed by atoms with Crippen molar-refractivity contribution in [3.8, 4) is 0 Å². The Morgan fingerprint density at radius 2 is 1.30 bits per heavy atom. The Morgan fingerprint density at radius 3 is 1.90 bits per heavy atom. The molecule has 30 heavy (non-hydrogen) atoms. The van der Waals surface area contributed by atoms with Gasteiger partial charge in [0, 0.05) is 11.3 Å². The highest BCUT2D eigenvalue weighted by Gasteiger charge is 2.31. The minimum Gasteiger partial charge on any atom is -0.368 e. The number of carbonyl (C=O) groups excluding carboxylic acids is 2. The third-order valence-electron chi connectivity index (χ3n) is 5.07. The SMILES string of the molecule is NC(=O)[C@H](NC(=O)c1ccc2ccccc2n1)C(c1ccccc1)c1ccccc1. The molecule has 0 aliphatic carbocycles. The fourth-order valence-electron chi connectivity index (χ4n) is 3.62. The second-order valence-electron chi connectivity index (χ2n) is 7.04. The van der Waals surface area contributed by atoms with Crippen molar-refractivity contribution in [1.29, 1.82) is 0 Å².